The first-order valence-corrected chi connectivity index (χ1v) is 5.30. The highest BCUT2D eigenvalue weighted by molar-refractivity contribution is 7.80. The molecule has 0 aromatic heterocycles. The monoisotopic (exact) mass is 292 g/mol. The van der Waals surface area contributed by atoms with Gasteiger partial charge in [-0.1, -0.05) is 23.2 Å². The number of nitrogens with zero attached hydrogens (tertiary/aromatic N) is 2. The van der Waals surface area contributed by atoms with Crippen LogP contribution in [0.15, 0.2) is 17.2 Å². The van der Waals surface area contributed by atoms with Crippen molar-refractivity contribution in [2.45, 2.75) is 0 Å². The summed E-state index contributed by atoms with van der Waals surface area (Å²) in [5.74, 6) is 0. The fourth-order valence-electron chi connectivity index (χ4n) is 0.999. The fraction of sp³-hybridized carbons (Fsp3) is 0. The quantitative estimate of drug-likeness (QED) is 0.385. The number of nitrogens with two attached hydrogens (primary N) is 1. The Kier molecular flexibility index (Phi) is 4.62. The molecule has 0 aliphatic heterocycles. The van der Waals surface area contributed by atoms with Crippen LogP contribution in [-0.2, 0) is 0 Å². The predicted molar refractivity (Wildman–Crippen MR) is 70.6 cm³/mol. The average Bonchev–Trinajstić information content (AvgIpc) is 2.23. The first-order chi connectivity index (χ1) is 7.93. The maximum Gasteiger partial charge on any atom is 0.279 e. The van der Waals surface area contributed by atoms with Crippen molar-refractivity contribution in [1.82, 2.24) is 5.43 Å². The highest BCUT2D eigenvalue weighted by Crippen LogP contribution is 2.31. The van der Waals surface area contributed by atoms with Gasteiger partial charge in [-0.3, -0.25) is 15.5 Å². The van der Waals surface area contributed by atoms with Gasteiger partial charge < -0.3 is 5.73 Å². The number of nitro groups is 1. The Labute approximate surface area is 112 Å². The number of halogens is 2. The fourth-order valence-corrected chi connectivity index (χ4v) is 1.42. The van der Waals surface area contributed by atoms with Gasteiger partial charge >= 0.3 is 0 Å². The molecule has 0 radical (unpaired) electrons. The molecule has 0 unspecified atom stereocenters. The van der Waals surface area contributed by atoms with Gasteiger partial charge in [0.2, 0.25) is 0 Å². The summed E-state index contributed by atoms with van der Waals surface area (Å²) in [7, 11) is 0. The number of nitrogens with one attached hydrogen (secondary N) is 1. The highest BCUT2D eigenvalue weighted by atomic mass is 35.5. The lowest BCUT2D eigenvalue weighted by atomic mass is 10.2. The first-order valence-electron chi connectivity index (χ1n) is 4.14. The third-order valence-corrected chi connectivity index (χ3v) is 2.58. The van der Waals surface area contributed by atoms with Crippen LogP contribution in [-0.4, -0.2) is 16.3 Å². The van der Waals surface area contributed by atoms with Crippen molar-refractivity contribution in [2.24, 2.45) is 10.8 Å². The second-order valence-corrected chi connectivity index (χ2v) is 4.01. The lowest BCUT2D eigenvalue weighted by Gasteiger charge is -2.02. The minimum absolute atomic E-state index is 0.0364. The standard InChI is InChI=1S/C8H6Cl2N4O2S/c9-5-1-2-6(14(15)16)4(7(5)10)3-12-13-8(11)17/h1-3H,(H3,11,13,17). The lowest BCUT2D eigenvalue weighted by molar-refractivity contribution is -0.385. The molecule has 90 valence electrons. The van der Waals surface area contributed by atoms with Crippen LogP contribution in [0, 0.1) is 10.1 Å². The number of rotatable bonds is 3. The third kappa shape index (κ3) is 3.52. The van der Waals surface area contributed by atoms with Crippen molar-refractivity contribution in [3.05, 3.63) is 37.9 Å². The molecule has 9 heteroatoms. The molecule has 0 spiro atoms. The summed E-state index contributed by atoms with van der Waals surface area (Å²) in [6.45, 7) is 0. The maximum absolute atomic E-state index is 10.8. The summed E-state index contributed by atoms with van der Waals surface area (Å²) < 4.78 is 0. The zero-order valence-electron chi connectivity index (χ0n) is 8.18. The van der Waals surface area contributed by atoms with Gasteiger partial charge in [-0.15, -0.1) is 0 Å². The molecule has 0 fully saturated rings. The average molecular weight is 293 g/mol. The minimum Gasteiger partial charge on any atom is -0.375 e. The minimum atomic E-state index is -0.593. The Hall–Kier alpha value is -1.44. The van der Waals surface area contributed by atoms with Crippen molar-refractivity contribution in [3.63, 3.8) is 0 Å². The van der Waals surface area contributed by atoms with E-state index >= 15 is 0 Å². The molecule has 0 bridgehead atoms. The molecule has 0 heterocycles. The van der Waals surface area contributed by atoms with E-state index in [2.05, 4.69) is 22.7 Å². The third-order valence-electron chi connectivity index (χ3n) is 1.67. The van der Waals surface area contributed by atoms with E-state index in [-0.39, 0.29) is 26.4 Å². The number of benzene rings is 1. The van der Waals surface area contributed by atoms with Crippen LogP contribution in [0.25, 0.3) is 0 Å². The molecule has 1 rings (SSSR count). The molecular weight excluding hydrogens is 287 g/mol. The molecule has 3 N–H and O–H groups in total. The molecule has 0 saturated carbocycles. The highest BCUT2D eigenvalue weighted by Gasteiger charge is 2.17. The molecule has 0 amide bonds. The van der Waals surface area contributed by atoms with Gasteiger partial charge in [-0.05, 0) is 18.3 Å². The number of thiocarbonyl (C=S) groups is 1. The summed E-state index contributed by atoms with van der Waals surface area (Å²) in [4.78, 5) is 10.2. The number of hydrogen-bond acceptors (Lipinski definition) is 4. The Morgan fingerprint density at radius 3 is 2.76 bits per heavy atom. The zero-order valence-corrected chi connectivity index (χ0v) is 10.5. The van der Waals surface area contributed by atoms with Crippen LogP contribution in [0.4, 0.5) is 5.69 Å². The topological polar surface area (TPSA) is 93.5 Å². The van der Waals surface area contributed by atoms with Gasteiger partial charge in [0.05, 0.1) is 26.7 Å². The van der Waals surface area contributed by atoms with Gasteiger partial charge in [0.15, 0.2) is 5.11 Å². The van der Waals surface area contributed by atoms with E-state index < -0.39 is 4.92 Å². The summed E-state index contributed by atoms with van der Waals surface area (Å²) in [5.41, 5.74) is 7.26. The van der Waals surface area contributed by atoms with Gasteiger partial charge in [0, 0.05) is 6.07 Å². The maximum atomic E-state index is 10.8. The Morgan fingerprint density at radius 2 is 2.24 bits per heavy atom. The normalized spacial score (nSPS) is 10.5. The Bertz CT molecular complexity index is 507. The van der Waals surface area contributed by atoms with Crippen LogP contribution in [0.5, 0.6) is 0 Å². The Balaban J connectivity index is 3.19. The van der Waals surface area contributed by atoms with Gasteiger partial charge in [-0.2, -0.15) is 5.10 Å². The Morgan fingerprint density at radius 1 is 1.59 bits per heavy atom. The molecule has 0 aliphatic carbocycles. The second-order valence-electron chi connectivity index (χ2n) is 2.79. The van der Waals surface area contributed by atoms with Crippen molar-refractivity contribution in [3.8, 4) is 0 Å². The number of hydrogen-bond donors (Lipinski definition) is 2. The van der Waals surface area contributed by atoms with E-state index in [9.17, 15) is 10.1 Å². The lowest BCUT2D eigenvalue weighted by Crippen LogP contribution is -2.24. The van der Waals surface area contributed by atoms with Crippen molar-refractivity contribution >= 4 is 52.4 Å². The molecule has 1 aromatic carbocycles. The molecule has 17 heavy (non-hydrogen) atoms. The molecule has 1 aromatic rings. The predicted octanol–water partition coefficient (Wildman–Crippen LogP) is 2.07. The molecule has 0 atom stereocenters. The zero-order chi connectivity index (χ0) is 13.0. The summed E-state index contributed by atoms with van der Waals surface area (Å²) in [5, 5.41) is 14.5. The molecule has 6 nitrogen and oxygen atoms in total. The van der Waals surface area contributed by atoms with E-state index in [1.54, 1.807) is 0 Å². The smallest absolute Gasteiger partial charge is 0.279 e. The van der Waals surface area contributed by atoms with Gasteiger partial charge in [0.1, 0.15) is 0 Å². The summed E-state index contributed by atoms with van der Waals surface area (Å²) in [6.07, 6.45) is 1.13. The van der Waals surface area contributed by atoms with Crippen molar-refractivity contribution in [1.29, 1.82) is 0 Å². The van der Waals surface area contributed by atoms with Crippen molar-refractivity contribution in [2.75, 3.05) is 0 Å². The van der Waals surface area contributed by atoms with E-state index in [0.29, 0.717) is 0 Å². The van der Waals surface area contributed by atoms with Crippen LogP contribution in [0.1, 0.15) is 5.56 Å². The van der Waals surface area contributed by atoms with E-state index in [1.165, 1.54) is 12.1 Å². The number of hydrazone groups is 1. The van der Waals surface area contributed by atoms with Crippen molar-refractivity contribution < 1.29 is 4.92 Å². The van der Waals surface area contributed by atoms with Crippen LogP contribution >= 0.6 is 35.4 Å². The largest absolute Gasteiger partial charge is 0.375 e. The van der Waals surface area contributed by atoms with Gasteiger partial charge in [0.25, 0.3) is 5.69 Å². The number of nitro benzene ring substituents is 1. The van der Waals surface area contributed by atoms with E-state index in [4.69, 9.17) is 28.9 Å². The molecular formula is C8H6Cl2N4O2S. The first kappa shape index (κ1) is 13.6. The summed E-state index contributed by atoms with van der Waals surface area (Å²) in [6, 6.07) is 2.57. The second kappa shape index (κ2) is 5.76. The van der Waals surface area contributed by atoms with E-state index in [1.807, 2.05) is 0 Å². The molecule has 0 aliphatic rings. The SMILES string of the molecule is NC(=S)NN=Cc1c([N+](=O)[O-])ccc(Cl)c1Cl. The summed E-state index contributed by atoms with van der Waals surface area (Å²) >= 11 is 16.1. The van der Waals surface area contributed by atoms with Gasteiger partial charge in [-0.25, -0.2) is 0 Å². The molecule has 0 saturated heterocycles. The van der Waals surface area contributed by atoms with Crippen LogP contribution in [0.2, 0.25) is 10.0 Å². The van der Waals surface area contributed by atoms with Crippen LogP contribution in [0.3, 0.4) is 0 Å². The van der Waals surface area contributed by atoms with Crippen LogP contribution < -0.4 is 11.2 Å². The van der Waals surface area contributed by atoms with E-state index in [0.717, 1.165) is 6.21 Å².